The number of nitriles is 1. The van der Waals surface area contributed by atoms with Gasteiger partial charge in [-0.1, -0.05) is 35.3 Å². The van der Waals surface area contributed by atoms with Gasteiger partial charge in [0.05, 0.1) is 38.2 Å². The molecule has 2 aromatic heterocycles. The maximum absolute atomic E-state index is 12.4. The van der Waals surface area contributed by atoms with Gasteiger partial charge in [0.1, 0.15) is 18.4 Å². The summed E-state index contributed by atoms with van der Waals surface area (Å²) in [5.74, 6) is 0.183. The Balaban J connectivity index is 1.60. The number of fused-ring (bicyclic) bond motifs is 1. The number of ether oxygens (including phenoxy) is 1. The largest absolute Gasteiger partial charge is 0.486 e. The lowest BCUT2D eigenvalue weighted by Gasteiger charge is -2.15. The van der Waals surface area contributed by atoms with Crippen molar-refractivity contribution in [3.05, 3.63) is 94.4 Å². The van der Waals surface area contributed by atoms with Crippen LogP contribution in [0.5, 0.6) is 5.75 Å². The summed E-state index contributed by atoms with van der Waals surface area (Å²) in [6.07, 6.45) is 6.36. The highest BCUT2D eigenvalue weighted by Gasteiger charge is 2.14. The van der Waals surface area contributed by atoms with Crippen molar-refractivity contribution in [1.82, 2.24) is 14.9 Å². The molecular formula is C28H24Cl2N6O2. The van der Waals surface area contributed by atoms with E-state index in [0.29, 0.717) is 55.9 Å². The van der Waals surface area contributed by atoms with E-state index in [9.17, 15) is 10.1 Å². The zero-order valence-corrected chi connectivity index (χ0v) is 22.2. The Kier molecular flexibility index (Phi) is 8.77. The molecule has 0 radical (unpaired) electrons. The van der Waals surface area contributed by atoms with E-state index in [0.717, 1.165) is 5.69 Å². The van der Waals surface area contributed by atoms with Gasteiger partial charge < -0.3 is 20.3 Å². The molecule has 0 saturated heterocycles. The number of nitrogens with zero attached hydrogens (tertiary/aromatic N) is 4. The van der Waals surface area contributed by atoms with E-state index in [-0.39, 0.29) is 12.5 Å². The third kappa shape index (κ3) is 6.78. The Morgan fingerprint density at radius 1 is 1.13 bits per heavy atom. The van der Waals surface area contributed by atoms with E-state index < -0.39 is 0 Å². The van der Waals surface area contributed by atoms with Crippen molar-refractivity contribution in [1.29, 1.82) is 5.26 Å². The molecular weight excluding hydrogens is 523 g/mol. The van der Waals surface area contributed by atoms with Crippen molar-refractivity contribution in [3.63, 3.8) is 0 Å². The number of hydrogen-bond donors (Lipinski definition) is 2. The number of anilines is 3. The summed E-state index contributed by atoms with van der Waals surface area (Å²) in [5, 5.41) is 17.1. The van der Waals surface area contributed by atoms with Crippen LogP contribution in [0.1, 0.15) is 11.3 Å². The molecule has 0 aliphatic heterocycles. The van der Waals surface area contributed by atoms with Gasteiger partial charge in [0.2, 0.25) is 5.91 Å². The van der Waals surface area contributed by atoms with Gasteiger partial charge in [-0.05, 0) is 56.6 Å². The minimum Gasteiger partial charge on any atom is -0.486 e. The second kappa shape index (κ2) is 12.4. The molecule has 0 fully saturated rings. The summed E-state index contributed by atoms with van der Waals surface area (Å²) in [4.78, 5) is 22.9. The van der Waals surface area contributed by atoms with Crippen LogP contribution < -0.4 is 15.4 Å². The Hall–Kier alpha value is -4.16. The van der Waals surface area contributed by atoms with Crippen LogP contribution in [0.4, 0.5) is 17.1 Å². The van der Waals surface area contributed by atoms with E-state index in [1.807, 2.05) is 37.2 Å². The van der Waals surface area contributed by atoms with Crippen molar-refractivity contribution in [2.45, 2.75) is 6.61 Å². The van der Waals surface area contributed by atoms with E-state index in [4.69, 9.17) is 27.9 Å². The number of nitrogens with one attached hydrogen (secondary N) is 2. The van der Waals surface area contributed by atoms with E-state index in [1.54, 1.807) is 42.6 Å². The van der Waals surface area contributed by atoms with Gasteiger partial charge >= 0.3 is 0 Å². The summed E-state index contributed by atoms with van der Waals surface area (Å²) in [6.45, 7) is 0.901. The smallest absolute Gasteiger partial charge is 0.248 e. The van der Waals surface area contributed by atoms with Gasteiger partial charge in [-0.15, -0.1) is 0 Å². The normalized spacial score (nSPS) is 11.1. The number of benzene rings is 2. The lowest BCUT2D eigenvalue weighted by Crippen LogP contribution is -2.13. The second-order valence-corrected chi connectivity index (χ2v) is 9.36. The monoisotopic (exact) mass is 546 g/mol. The number of amides is 1. The first kappa shape index (κ1) is 26.9. The minimum atomic E-state index is -0.319. The average Bonchev–Trinajstić information content (AvgIpc) is 2.89. The van der Waals surface area contributed by atoms with Crippen LogP contribution in [-0.2, 0) is 11.4 Å². The minimum absolute atomic E-state index is 0.278. The van der Waals surface area contributed by atoms with Crippen LogP contribution in [0.2, 0.25) is 10.0 Å². The summed E-state index contributed by atoms with van der Waals surface area (Å²) in [5.41, 5.74) is 3.19. The zero-order chi connectivity index (χ0) is 27.1. The van der Waals surface area contributed by atoms with Crippen LogP contribution in [0, 0.1) is 11.3 Å². The predicted octanol–water partition coefficient (Wildman–Crippen LogP) is 6.19. The molecule has 4 rings (SSSR count). The van der Waals surface area contributed by atoms with Crippen LogP contribution in [-0.4, -0.2) is 41.4 Å². The number of carbonyl (C=O) groups excluding carboxylic acids is 1. The van der Waals surface area contributed by atoms with E-state index in [1.165, 1.54) is 12.3 Å². The molecule has 0 aliphatic rings. The van der Waals surface area contributed by atoms with Crippen molar-refractivity contribution < 1.29 is 9.53 Å². The maximum Gasteiger partial charge on any atom is 0.248 e. The third-order valence-corrected chi connectivity index (χ3v) is 5.99. The molecule has 0 saturated carbocycles. The molecule has 0 aliphatic carbocycles. The molecule has 0 spiro atoms. The molecule has 2 N–H and O–H groups in total. The zero-order valence-electron chi connectivity index (χ0n) is 20.7. The van der Waals surface area contributed by atoms with Crippen molar-refractivity contribution in [2.75, 3.05) is 31.3 Å². The molecule has 4 aromatic rings. The molecule has 1 amide bonds. The Morgan fingerprint density at radius 2 is 1.97 bits per heavy atom. The highest BCUT2D eigenvalue weighted by Crippen LogP contribution is 2.36. The van der Waals surface area contributed by atoms with Crippen LogP contribution in [0.15, 0.2) is 73.1 Å². The molecule has 0 bridgehead atoms. The Labute approximate surface area is 230 Å². The fourth-order valence-electron chi connectivity index (χ4n) is 3.55. The van der Waals surface area contributed by atoms with Crippen molar-refractivity contribution >= 4 is 57.1 Å². The van der Waals surface area contributed by atoms with Crippen LogP contribution in [0.25, 0.3) is 10.9 Å². The van der Waals surface area contributed by atoms with Crippen LogP contribution >= 0.6 is 23.2 Å². The molecule has 8 nitrogen and oxygen atoms in total. The van der Waals surface area contributed by atoms with E-state index >= 15 is 0 Å². The number of rotatable bonds is 9. The average molecular weight is 547 g/mol. The second-order valence-electron chi connectivity index (χ2n) is 8.54. The lowest BCUT2D eigenvalue weighted by atomic mass is 10.1. The first-order chi connectivity index (χ1) is 18.3. The first-order valence-electron chi connectivity index (χ1n) is 11.6. The van der Waals surface area contributed by atoms with Gasteiger partial charge in [0.15, 0.2) is 0 Å². The van der Waals surface area contributed by atoms with Crippen molar-refractivity contribution in [3.8, 4) is 11.8 Å². The standard InChI is InChI=1S/C28H24Cl2N6O2/c1-36(2)11-5-7-27(37)35-25-13-21-24(14-22(25)29)33-16-18(15-31)28(21)34-19-8-9-26(23(30)12-19)38-17-20-6-3-4-10-32-20/h3-10,12-14,16H,11,17H2,1-2H3,(H,33,34)(H,35,37)/b7-5+. The summed E-state index contributed by atoms with van der Waals surface area (Å²) in [6, 6.07) is 16.3. The molecule has 2 aromatic carbocycles. The summed E-state index contributed by atoms with van der Waals surface area (Å²) in [7, 11) is 3.82. The Bertz CT molecular complexity index is 1530. The molecule has 192 valence electrons. The highest BCUT2D eigenvalue weighted by atomic mass is 35.5. The SMILES string of the molecule is CN(C)C/C=C/C(=O)Nc1cc2c(Nc3ccc(OCc4ccccn4)c(Cl)c3)c(C#N)cnc2cc1Cl. The van der Waals surface area contributed by atoms with Crippen LogP contribution in [0.3, 0.4) is 0 Å². The van der Waals surface area contributed by atoms with Crippen molar-refractivity contribution in [2.24, 2.45) is 0 Å². The number of aromatic nitrogens is 2. The summed E-state index contributed by atoms with van der Waals surface area (Å²) < 4.78 is 5.80. The number of pyridine rings is 2. The van der Waals surface area contributed by atoms with Gasteiger partial charge in [-0.25, -0.2) is 0 Å². The Morgan fingerprint density at radius 3 is 2.68 bits per heavy atom. The topological polar surface area (TPSA) is 103 Å². The van der Waals surface area contributed by atoms with Gasteiger partial charge in [-0.3, -0.25) is 14.8 Å². The molecule has 0 unspecified atom stereocenters. The quantitative estimate of drug-likeness (QED) is 0.241. The molecule has 38 heavy (non-hydrogen) atoms. The van der Waals surface area contributed by atoms with Gasteiger partial charge in [0, 0.05) is 36.1 Å². The molecule has 10 heteroatoms. The van der Waals surface area contributed by atoms with E-state index in [2.05, 4.69) is 26.7 Å². The molecule has 0 atom stereocenters. The number of hydrogen-bond acceptors (Lipinski definition) is 7. The number of likely N-dealkylation sites (N-methyl/N-ethyl adjacent to an activating group) is 1. The highest BCUT2D eigenvalue weighted by molar-refractivity contribution is 6.35. The van der Waals surface area contributed by atoms with Gasteiger partial charge in [0.25, 0.3) is 0 Å². The number of halogens is 2. The maximum atomic E-state index is 12.4. The fraction of sp³-hybridized carbons (Fsp3) is 0.143. The van der Waals surface area contributed by atoms with Gasteiger partial charge in [-0.2, -0.15) is 5.26 Å². The lowest BCUT2D eigenvalue weighted by molar-refractivity contribution is -0.111. The fourth-order valence-corrected chi connectivity index (χ4v) is 3.99. The predicted molar refractivity (Wildman–Crippen MR) is 151 cm³/mol. The first-order valence-corrected chi connectivity index (χ1v) is 12.3. The molecule has 2 heterocycles. The summed E-state index contributed by atoms with van der Waals surface area (Å²) >= 11 is 12.9. The third-order valence-electron chi connectivity index (χ3n) is 5.38. The number of carbonyl (C=O) groups is 1.